The Bertz CT molecular complexity index is 554. The standard InChI is InChI=1S/C16H18ClNO/c1-2-12-5-3-4-6-15(12)19-16-8-7-14(17)11-13(16)9-10-18/h3-8,11H,2,9-10,18H2,1H3. The number of hydrogen-bond donors (Lipinski definition) is 1. The SMILES string of the molecule is CCc1ccccc1Oc1ccc(Cl)cc1CCN. The summed E-state index contributed by atoms with van der Waals surface area (Å²) in [4.78, 5) is 0. The van der Waals surface area contributed by atoms with E-state index in [1.54, 1.807) is 0 Å². The van der Waals surface area contributed by atoms with Crippen molar-refractivity contribution >= 4 is 11.6 Å². The van der Waals surface area contributed by atoms with Gasteiger partial charge in [-0.05, 0) is 54.8 Å². The Morgan fingerprint density at radius 1 is 1.05 bits per heavy atom. The molecule has 0 aromatic heterocycles. The van der Waals surface area contributed by atoms with Crippen molar-refractivity contribution in [2.45, 2.75) is 19.8 Å². The van der Waals surface area contributed by atoms with Crippen LogP contribution in [0.5, 0.6) is 11.5 Å². The van der Waals surface area contributed by atoms with Crippen molar-refractivity contribution in [3.63, 3.8) is 0 Å². The molecule has 0 fully saturated rings. The first-order valence-electron chi connectivity index (χ1n) is 6.49. The molecule has 0 radical (unpaired) electrons. The van der Waals surface area contributed by atoms with Crippen molar-refractivity contribution < 1.29 is 4.74 Å². The van der Waals surface area contributed by atoms with E-state index in [2.05, 4.69) is 13.0 Å². The van der Waals surface area contributed by atoms with E-state index in [0.717, 1.165) is 29.9 Å². The molecule has 0 amide bonds. The van der Waals surface area contributed by atoms with E-state index >= 15 is 0 Å². The average Bonchev–Trinajstić information content (AvgIpc) is 2.43. The van der Waals surface area contributed by atoms with Crippen LogP contribution in [0.25, 0.3) is 0 Å². The van der Waals surface area contributed by atoms with Crippen molar-refractivity contribution in [1.29, 1.82) is 0 Å². The number of halogens is 1. The summed E-state index contributed by atoms with van der Waals surface area (Å²) in [6, 6.07) is 13.7. The first-order chi connectivity index (χ1) is 9.24. The second-order valence-corrected chi connectivity index (χ2v) is 4.79. The molecule has 100 valence electrons. The molecule has 0 heterocycles. The highest BCUT2D eigenvalue weighted by Gasteiger charge is 2.07. The fourth-order valence-corrected chi connectivity index (χ4v) is 2.21. The molecule has 0 aliphatic rings. The number of aryl methyl sites for hydroxylation is 1. The van der Waals surface area contributed by atoms with Crippen LogP contribution in [0, 0.1) is 0 Å². The lowest BCUT2D eigenvalue weighted by atomic mass is 10.1. The first kappa shape index (κ1) is 13.9. The second kappa shape index (κ2) is 6.60. The Hall–Kier alpha value is -1.51. The molecule has 19 heavy (non-hydrogen) atoms. The topological polar surface area (TPSA) is 35.2 Å². The Kier molecular flexibility index (Phi) is 4.83. The van der Waals surface area contributed by atoms with Gasteiger partial charge in [-0.1, -0.05) is 36.7 Å². The Morgan fingerprint density at radius 3 is 2.53 bits per heavy atom. The zero-order valence-corrected chi connectivity index (χ0v) is 11.8. The van der Waals surface area contributed by atoms with Crippen molar-refractivity contribution in [1.82, 2.24) is 0 Å². The van der Waals surface area contributed by atoms with Crippen LogP contribution in [-0.4, -0.2) is 6.54 Å². The third-order valence-corrected chi connectivity index (χ3v) is 3.24. The van der Waals surface area contributed by atoms with E-state index in [1.165, 1.54) is 5.56 Å². The largest absolute Gasteiger partial charge is 0.457 e. The van der Waals surface area contributed by atoms with E-state index in [-0.39, 0.29) is 0 Å². The molecule has 2 N–H and O–H groups in total. The number of nitrogens with two attached hydrogens (primary N) is 1. The minimum absolute atomic E-state index is 0.576. The molecule has 0 atom stereocenters. The van der Waals surface area contributed by atoms with Crippen LogP contribution in [0.4, 0.5) is 0 Å². The predicted molar refractivity (Wildman–Crippen MR) is 80.1 cm³/mol. The molecule has 0 saturated carbocycles. The molecule has 0 aliphatic carbocycles. The normalized spacial score (nSPS) is 10.5. The summed E-state index contributed by atoms with van der Waals surface area (Å²) in [7, 11) is 0. The van der Waals surface area contributed by atoms with E-state index in [4.69, 9.17) is 22.1 Å². The summed E-state index contributed by atoms with van der Waals surface area (Å²) in [5.41, 5.74) is 7.86. The number of benzene rings is 2. The number of rotatable bonds is 5. The summed E-state index contributed by atoms with van der Waals surface area (Å²) >= 11 is 6.02. The summed E-state index contributed by atoms with van der Waals surface area (Å²) in [6.45, 7) is 2.69. The van der Waals surface area contributed by atoms with Gasteiger partial charge in [0.2, 0.25) is 0 Å². The van der Waals surface area contributed by atoms with E-state index < -0.39 is 0 Å². The highest BCUT2D eigenvalue weighted by molar-refractivity contribution is 6.30. The van der Waals surface area contributed by atoms with Crippen LogP contribution in [0.2, 0.25) is 5.02 Å². The Balaban J connectivity index is 2.32. The van der Waals surface area contributed by atoms with Crippen LogP contribution in [-0.2, 0) is 12.8 Å². The molecular weight excluding hydrogens is 258 g/mol. The van der Waals surface area contributed by atoms with E-state index in [0.29, 0.717) is 11.6 Å². The van der Waals surface area contributed by atoms with Crippen LogP contribution < -0.4 is 10.5 Å². The quantitative estimate of drug-likeness (QED) is 0.888. The molecule has 2 aromatic carbocycles. The third kappa shape index (κ3) is 3.49. The van der Waals surface area contributed by atoms with Gasteiger partial charge in [0.05, 0.1) is 0 Å². The molecule has 2 nitrogen and oxygen atoms in total. The highest BCUT2D eigenvalue weighted by atomic mass is 35.5. The van der Waals surface area contributed by atoms with Gasteiger partial charge in [-0.3, -0.25) is 0 Å². The molecule has 0 spiro atoms. The molecule has 0 bridgehead atoms. The maximum Gasteiger partial charge on any atom is 0.130 e. The third-order valence-electron chi connectivity index (χ3n) is 3.01. The molecule has 3 heteroatoms. The zero-order chi connectivity index (χ0) is 13.7. The van der Waals surface area contributed by atoms with Crippen LogP contribution in [0.3, 0.4) is 0 Å². The van der Waals surface area contributed by atoms with Gasteiger partial charge in [-0.2, -0.15) is 0 Å². The summed E-state index contributed by atoms with van der Waals surface area (Å²) in [5.74, 6) is 1.72. The number of para-hydroxylation sites is 1. The number of ether oxygens (including phenoxy) is 1. The van der Waals surface area contributed by atoms with Gasteiger partial charge in [0.15, 0.2) is 0 Å². The lowest BCUT2D eigenvalue weighted by Gasteiger charge is -2.13. The summed E-state index contributed by atoms with van der Waals surface area (Å²) in [6.07, 6.45) is 1.69. The molecule has 0 aliphatic heterocycles. The van der Waals surface area contributed by atoms with Crippen molar-refractivity contribution in [2.24, 2.45) is 5.73 Å². The molecule has 2 aromatic rings. The van der Waals surface area contributed by atoms with Crippen LogP contribution in [0.15, 0.2) is 42.5 Å². The van der Waals surface area contributed by atoms with Crippen LogP contribution >= 0.6 is 11.6 Å². The minimum atomic E-state index is 0.576. The van der Waals surface area contributed by atoms with Gasteiger partial charge in [0.1, 0.15) is 11.5 Å². The molecule has 0 unspecified atom stereocenters. The van der Waals surface area contributed by atoms with Gasteiger partial charge in [0, 0.05) is 5.02 Å². The van der Waals surface area contributed by atoms with Gasteiger partial charge in [-0.25, -0.2) is 0 Å². The van der Waals surface area contributed by atoms with Gasteiger partial charge >= 0.3 is 0 Å². The lowest BCUT2D eigenvalue weighted by molar-refractivity contribution is 0.470. The lowest BCUT2D eigenvalue weighted by Crippen LogP contribution is -2.04. The highest BCUT2D eigenvalue weighted by Crippen LogP contribution is 2.30. The van der Waals surface area contributed by atoms with Gasteiger partial charge in [-0.15, -0.1) is 0 Å². The average molecular weight is 276 g/mol. The monoisotopic (exact) mass is 275 g/mol. The molecular formula is C16H18ClNO. The zero-order valence-electron chi connectivity index (χ0n) is 11.0. The van der Waals surface area contributed by atoms with E-state index in [9.17, 15) is 0 Å². The fourth-order valence-electron chi connectivity index (χ4n) is 2.01. The summed E-state index contributed by atoms with van der Waals surface area (Å²) < 4.78 is 6.02. The maximum absolute atomic E-state index is 6.02. The molecule has 0 saturated heterocycles. The van der Waals surface area contributed by atoms with Crippen LogP contribution in [0.1, 0.15) is 18.1 Å². The molecule has 2 rings (SSSR count). The van der Waals surface area contributed by atoms with Crippen molar-refractivity contribution in [3.8, 4) is 11.5 Å². The minimum Gasteiger partial charge on any atom is -0.457 e. The summed E-state index contributed by atoms with van der Waals surface area (Å²) in [5, 5.41) is 0.708. The smallest absolute Gasteiger partial charge is 0.130 e. The predicted octanol–water partition coefficient (Wildman–Crippen LogP) is 4.20. The number of hydrogen-bond acceptors (Lipinski definition) is 2. The van der Waals surface area contributed by atoms with Gasteiger partial charge in [0.25, 0.3) is 0 Å². The van der Waals surface area contributed by atoms with Crippen molar-refractivity contribution in [3.05, 3.63) is 58.6 Å². The maximum atomic E-state index is 6.02. The Labute approximate surface area is 119 Å². The Morgan fingerprint density at radius 2 is 1.79 bits per heavy atom. The second-order valence-electron chi connectivity index (χ2n) is 4.35. The van der Waals surface area contributed by atoms with Crippen molar-refractivity contribution in [2.75, 3.05) is 6.54 Å². The van der Waals surface area contributed by atoms with E-state index in [1.807, 2.05) is 36.4 Å². The van der Waals surface area contributed by atoms with Gasteiger partial charge < -0.3 is 10.5 Å². The fraction of sp³-hybridized carbons (Fsp3) is 0.250. The first-order valence-corrected chi connectivity index (χ1v) is 6.86.